The van der Waals surface area contributed by atoms with Gasteiger partial charge in [-0.15, -0.1) is 5.10 Å². The van der Waals surface area contributed by atoms with Crippen LogP contribution < -0.4 is 0 Å². The normalized spacial score (nSPS) is 18.1. The number of aromatic nitrogens is 3. The van der Waals surface area contributed by atoms with Gasteiger partial charge in [-0.3, -0.25) is 0 Å². The number of hydrogen-bond donors (Lipinski definition) is 0. The van der Waals surface area contributed by atoms with Crippen LogP contribution in [0.15, 0.2) is 18.2 Å². The minimum atomic E-state index is -0.127. The molecule has 3 rings (SSSR count). The fourth-order valence-electron chi connectivity index (χ4n) is 2.44. The molecular weight excluding hydrogens is 276 g/mol. The molecule has 20 heavy (non-hydrogen) atoms. The van der Waals surface area contributed by atoms with Gasteiger partial charge in [0.1, 0.15) is 17.9 Å². The van der Waals surface area contributed by atoms with E-state index in [4.69, 9.17) is 16.3 Å². The van der Waals surface area contributed by atoms with Crippen molar-refractivity contribution in [3.05, 3.63) is 40.2 Å². The summed E-state index contributed by atoms with van der Waals surface area (Å²) >= 11 is 6.06. The van der Waals surface area contributed by atoms with Crippen molar-refractivity contribution in [3.63, 3.8) is 0 Å². The zero-order chi connectivity index (χ0) is 14.1. The molecule has 1 aromatic carbocycles. The Labute approximate surface area is 121 Å². The summed E-state index contributed by atoms with van der Waals surface area (Å²) < 4.78 is 7.36. The summed E-state index contributed by atoms with van der Waals surface area (Å²) in [7, 11) is 0. The third kappa shape index (κ3) is 2.17. The summed E-state index contributed by atoms with van der Waals surface area (Å²) in [4.78, 5) is 0. The molecular formula is C14H13ClN4O. The maximum Gasteiger partial charge on any atom is 0.189 e. The Bertz CT molecular complexity index is 683. The lowest BCUT2D eigenvalue weighted by atomic mass is 10.1. The molecule has 0 saturated carbocycles. The molecule has 1 aromatic heterocycles. The fourth-order valence-corrected chi connectivity index (χ4v) is 2.61. The molecule has 0 aliphatic carbocycles. The standard InChI is InChI=1S/C14H13ClN4O/c1-9-4-5-10(15)7-12(9)19-14(11(8-16)17-18-19)13-3-2-6-20-13/h4-5,7,13H,2-3,6H2,1H3. The molecule has 0 N–H and O–H groups in total. The van der Waals surface area contributed by atoms with Crippen molar-refractivity contribution in [2.75, 3.05) is 6.61 Å². The highest BCUT2D eigenvalue weighted by Crippen LogP contribution is 2.32. The Balaban J connectivity index is 2.16. The van der Waals surface area contributed by atoms with Crippen LogP contribution >= 0.6 is 11.6 Å². The van der Waals surface area contributed by atoms with Crippen molar-refractivity contribution in [3.8, 4) is 11.8 Å². The second-order valence-electron chi connectivity index (χ2n) is 4.78. The highest BCUT2D eigenvalue weighted by molar-refractivity contribution is 6.30. The van der Waals surface area contributed by atoms with Crippen LogP contribution in [-0.4, -0.2) is 21.6 Å². The molecule has 6 heteroatoms. The number of hydrogen-bond acceptors (Lipinski definition) is 4. The smallest absolute Gasteiger partial charge is 0.189 e. The molecule has 5 nitrogen and oxygen atoms in total. The van der Waals surface area contributed by atoms with E-state index in [9.17, 15) is 5.26 Å². The van der Waals surface area contributed by atoms with Gasteiger partial charge in [0, 0.05) is 11.6 Å². The fraction of sp³-hybridized carbons (Fsp3) is 0.357. The molecule has 0 amide bonds. The second kappa shape index (κ2) is 5.23. The lowest BCUT2D eigenvalue weighted by Gasteiger charge is -2.14. The van der Waals surface area contributed by atoms with Crippen LogP contribution in [0.4, 0.5) is 0 Å². The predicted molar refractivity (Wildman–Crippen MR) is 73.7 cm³/mol. The Morgan fingerprint density at radius 1 is 1.50 bits per heavy atom. The summed E-state index contributed by atoms with van der Waals surface area (Å²) in [5.41, 5.74) is 2.88. The van der Waals surface area contributed by atoms with Crippen molar-refractivity contribution in [2.45, 2.75) is 25.9 Å². The molecule has 1 fully saturated rings. The van der Waals surface area contributed by atoms with E-state index in [2.05, 4.69) is 16.4 Å². The molecule has 2 aromatic rings. The number of aryl methyl sites for hydroxylation is 1. The molecule has 1 saturated heterocycles. The molecule has 0 radical (unpaired) electrons. The van der Waals surface area contributed by atoms with Gasteiger partial charge in [-0.1, -0.05) is 22.9 Å². The maximum atomic E-state index is 9.22. The second-order valence-corrected chi connectivity index (χ2v) is 5.22. The number of halogens is 1. The monoisotopic (exact) mass is 288 g/mol. The number of benzene rings is 1. The minimum absolute atomic E-state index is 0.127. The lowest BCUT2D eigenvalue weighted by molar-refractivity contribution is 0.106. The lowest BCUT2D eigenvalue weighted by Crippen LogP contribution is -2.09. The first-order valence-electron chi connectivity index (χ1n) is 6.44. The Kier molecular flexibility index (Phi) is 3.43. The SMILES string of the molecule is Cc1ccc(Cl)cc1-n1nnc(C#N)c1C1CCCO1. The summed E-state index contributed by atoms with van der Waals surface area (Å²) in [6, 6.07) is 7.66. The Hall–Kier alpha value is -1.90. The van der Waals surface area contributed by atoms with Crippen molar-refractivity contribution < 1.29 is 4.74 Å². The first-order chi connectivity index (χ1) is 9.70. The van der Waals surface area contributed by atoms with Gasteiger partial charge >= 0.3 is 0 Å². The number of nitriles is 1. The summed E-state index contributed by atoms with van der Waals surface area (Å²) in [6.07, 6.45) is 1.73. The van der Waals surface area contributed by atoms with E-state index >= 15 is 0 Å². The molecule has 1 unspecified atom stereocenters. The van der Waals surface area contributed by atoms with Gasteiger partial charge in [0.25, 0.3) is 0 Å². The Morgan fingerprint density at radius 3 is 3.05 bits per heavy atom. The van der Waals surface area contributed by atoms with Crippen molar-refractivity contribution in [1.29, 1.82) is 5.26 Å². The highest BCUT2D eigenvalue weighted by atomic mass is 35.5. The number of nitrogens with zero attached hydrogens (tertiary/aromatic N) is 4. The maximum absolute atomic E-state index is 9.22. The minimum Gasteiger partial charge on any atom is -0.372 e. The average Bonchev–Trinajstić information content (AvgIpc) is 3.08. The summed E-state index contributed by atoms with van der Waals surface area (Å²) in [6.45, 7) is 2.67. The van der Waals surface area contributed by atoms with Crippen LogP contribution in [0.5, 0.6) is 0 Å². The van der Waals surface area contributed by atoms with Crippen LogP contribution in [0.25, 0.3) is 5.69 Å². The van der Waals surface area contributed by atoms with Gasteiger partial charge < -0.3 is 4.74 Å². The van der Waals surface area contributed by atoms with Gasteiger partial charge in [-0.05, 0) is 37.5 Å². The summed E-state index contributed by atoms with van der Waals surface area (Å²) in [5, 5.41) is 17.9. The molecule has 1 aliphatic heterocycles. The van der Waals surface area contributed by atoms with Gasteiger partial charge in [0.2, 0.25) is 0 Å². The van der Waals surface area contributed by atoms with Crippen LogP contribution in [0.3, 0.4) is 0 Å². The quantitative estimate of drug-likeness (QED) is 0.852. The third-order valence-corrected chi connectivity index (χ3v) is 3.68. The van der Waals surface area contributed by atoms with E-state index in [0.29, 0.717) is 17.3 Å². The summed E-state index contributed by atoms with van der Waals surface area (Å²) in [5.74, 6) is 0. The zero-order valence-electron chi connectivity index (χ0n) is 11.0. The van der Waals surface area contributed by atoms with Crippen LogP contribution in [0.2, 0.25) is 5.02 Å². The molecule has 0 spiro atoms. The van der Waals surface area contributed by atoms with E-state index in [1.54, 1.807) is 4.68 Å². The van der Waals surface area contributed by atoms with Gasteiger partial charge in [-0.2, -0.15) is 5.26 Å². The first-order valence-corrected chi connectivity index (χ1v) is 6.82. The molecule has 1 atom stereocenters. The van der Waals surface area contributed by atoms with Gasteiger partial charge in [-0.25, -0.2) is 4.68 Å². The topological polar surface area (TPSA) is 63.7 Å². The third-order valence-electron chi connectivity index (χ3n) is 3.44. The van der Waals surface area contributed by atoms with Crippen LogP contribution in [0.1, 0.15) is 35.9 Å². The van der Waals surface area contributed by atoms with Gasteiger partial charge in [0.05, 0.1) is 5.69 Å². The van der Waals surface area contributed by atoms with E-state index in [1.165, 1.54) is 0 Å². The van der Waals surface area contributed by atoms with Crippen molar-refractivity contribution in [1.82, 2.24) is 15.0 Å². The predicted octanol–water partition coefficient (Wildman–Crippen LogP) is 2.95. The van der Waals surface area contributed by atoms with Crippen LogP contribution in [-0.2, 0) is 4.74 Å². The Morgan fingerprint density at radius 2 is 2.35 bits per heavy atom. The number of rotatable bonds is 2. The van der Waals surface area contributed by atoms with E-state index in [1.807, 2.05) is 25.1 Å². The average molecular weight is 289 g/mol. The van der Waals surface area contributed by atoms with Gasteiger partial charge in [0.15, 0.2) is 5.69 Å². The van der Waals surface area contributed by atoms with Crippen LogP contribution in [0, 0.1) is 18.3 Å². The van der Waals surface area contributed by atoms with E-state index < -0.39 is 0 Å². The molecule has 2 heterocycles. The number of ether oxygens (including phenoxy) is 1. The zero-order valence-corrected chi connectivity index (χ0v) is 11.8. The highest BCUT2D eigenvalue weighted by Gasteiger charge is 2.27. The largest absolute Gasteiger partial charge is 0.372 e. The molecule has 0 bridgehead atoms. The molecule has 1 aliphatic rings. The van der Waals surface area contributed by atoms with E-state index in [0.717, 1.165) is 29.8 Å². The van der Waals surface area contributed by atoms with E-state index in [-0.39, 0.29) is 6.10 Å². The molecule has 102 valence electrons. The van der Waals surface area contributed by atoms with Crippen molar-refractivity contribution in [2.24, 2.45) is 0 Å². The van der Waals surface area contributed by atoms with Crippen molar-refractivity contribution >= 4 is 11.6 Å². The first kappa shape index (κ1) is 13.1.